The summed E-state index contributed by atoms with van der Waals surface area (Å²) in [5.41, 5.74) is 0. The molecule has 0 aromatic rings. The lowest BCUT2D eigenvalue weighted by Crippen LogP contribution is -2.52. The van der Waals surface area contributed by atoms with Crippen LogP contribution in [0.25, 0.3) is 0 Å². The number of nitrogens with zero attached hydrogens (tertiary/aromatic N) is 1. The van der Waals surface area contributed by atoms with Gasteiger partial charge in [0.1, 0.15) is 0 Å². The molecule has 1 saturated heterocycles. The monoisotopic (exact) mass is 345 g/mol. The van der Waals surface area contributed by atoms with Crippen LogP contribution in [-0.2, 0) is 14.8 Å². The SMILES string of the molecule is C[C@@H]1CCCC[C@H]1NC(=O)[C@H](C)N1CCC(CS(N)(=O)=O)CC1. The molecule has 1 saturated carbocycles. The van der Waals surface area contributed by atoms with Gasteiger partial charge in [-0.05, 0) is 57.5 Å². The summed E-state index contributed by atoms with van der Waals surface area (Å²) in [6.45, 7) is 5.68. The van der Waals surface area contributed by atoms with Gasteiger partial charge >= 0.3 is 0 Å². The fourth-order valence-corrected chi connectivity index (χ4v) is 4.83. The van der Waals surface area contributed by atoms with Crippen LogP contribution in [0.1, 0.15) is 52.4 Å². The quantitative estimate of drug-likeness (QED) is 0.779. The van der Waals surface area contributed by atoms with E-state index in [0.29, 0.717) is 12.0 Å². The molecule has 0 bridgehead atoms. The van der Waals surface area contributed by atoms with E-state index >= 15 is 0 Å². The number of piperidine rings is 1. The number of rotatable bonds is 5. The first-order valence-electron chi connectivity index (χ1n) is 8.81. The highest BCUT2D eigenvalue weighted by molar-refractivity contribution is 7.89. The highest BCUT2D eigenvalue weighted by Crippen LogP contribution is 2.24. The lowest BCUT2D eigenvalue weighted by molar-refractivity contribution is -0.127. The molecule has 1 heterocycles. The van der Waals surface area contributed by atoms with E-state index in [1.165, 1.54) is 19.3 Å². The van der Waals surface area contributed by atoms with Gasteiger partial charge in [-0.15, -0.1) is 0 Å². The second-order valence-corrected chi connectivity index (χ2v) is 9.02. The summed E-state index contributed by atoms with van der Waals surface area (Å²) in [7, 11) is -3.40. The molecule has 1 aliphatic heterocycles. The first-order chi connectivity index (χ1) is 10.8. The van der Waals surface area contributed by atoms with Gasteiger partial charge in [0.05, 0.1) is 11.8 Å². The molecule has 2 fully saturated rings. The molecule has 3 atom stereocenters. The third kappa shape index (κ3) is 5.72. The topological polar surface area (TPSA) is 92.5 Å². The number of amides is 1. The Bertz CT molecular complexity index is 501. The van der Waals surface area contributed by atoms with Crippen molar-refractivity contribution in [3.8, 4) is 0 Å². The molecule has 0 aromatic heterocycles. The lowest BCUT2D eigenvalue weighted by atomic mass is 9.86. The van der Waals surface area contributed by atoms with Crippen molar-refractivity contribution in [2.75, 3.05) is 18.8 Å². The molecule has 2 rings (SSSR count). The van der Waals surface area contributed by atoms with Crippen molar-refractivity contribution in [3.05, 3.63) is 0 Å². The number of carbonyl (C=O) groups is 1. The largest absolute Gasteiger partial charge is 0.352 e. The number of likely N-dealkylation sites (tertiary alicyclic amines) is 1. The Labute approximate surface area is 140 Å². The molecule has 7 heteroatoms. The van der Waals surface area contributed by atoms with E-state index in [1.807, 2.05) is 6.92 Å². The average molecular weight is 346 g/mol. The smallest absolute Gasteiger partial charge is 0.237 e. The zero-order chi connectivity index (χ0) is 17.0. The van der Waals surface area contributed by atoms with Crippen LogP contribution in [0.3, 0.4) is 0 Å². The third-order valence-electron chi connectivity index (χ3n) is 5.48. The van der Waals surface area contributed by atoms with Gasteiger partial charge in [-0.3, -0.25) is 9.69 Å². The maximum absolute atomic E-state index is 12.5. The van der Waals surface area contributed by atoms with Gasteiger partial charge in [-0.2, -0.15) is 0 Å². The standard InChI is InChI=1S/C16H31N3O3S/c1-12-5-3-4-6-15(12)18-16(20)13(2)19-9-7-14(8-10-19)11-23(17,21)22/h12-15H,3-11H2,1-2H3,(H,18,20)(H2,17,21,22)/t12-,13+,15-/m1/s1. The molecule has 23 heavy (non-hydrogen) atoms. The molecule has 6 nitrogen and oxygen atoms in total. The maximum Gasteiger partial charge on any atom is 0.237 e. The van der Waals surface area contributed by atoms with Crippen molar-refractivity contribution < 1.29 is 13.2 Å². The Morgan fingerprint density at radius 1 is 1.22 bits per heavy atom. The molecule has 2 aliphatic rings. The summed E-state index contributed by atoms with van der Waals surface area (Å²) in [6, 6.07) is 0.151. The molecule has 1 aliphatic carbocycles. The van der Waals surface area contributed by atoms with E-state index in [4.69, 9.17) is 5.14 Å². The number of hydrogen-bond acceptors (Lipinski definition) is 4. The van der Waals surface area contributed by atoms with Crippen molar-refractivity contribution in [1.29, 1.82) is 0 Å². The van der Waals surface area contributed by atoms with Crippen molar-refractivity contribution >= 4 is 15.9 Å². The number of sulfonamides is 1. The van der Waals surface area contributed by atoms with Crippen molar-refractivity contribution in [2.24, 2.45) is 17.0 Å². The molecule has 0 unspecified atom stereocenters. The first-order valence-corrected chi connectivity index (χ1v) is 10.5. The molecule has 0 spiro atoms. The third-order valence-corrected chi connectivity index (χ3v) is 6.42. The van der Waals surface area contributed by atoms with Crippen LogP contribution in [0, 0.1) is 11.8 Å². The van der Waals surface area contributed by atoms with E-state index in [1.54, 1.807) is 0 Å². The van der Waals surface area contributed by atoms with Crippen LogP contribution in [0.4, 0.5) is 0 Å². The Morgan fingerprint density at radius 2 is 1.83 bits per heavy atom. The van der Waals surface area contributed by atoms with Crippen LogP contribution in [0.2, 0.25) is 0 Å². The first kappa shape index (κ1) is 18.7. The van der Waals surface area contributed by atoms with Gasteiger partial charge in [0.2, 0.25) is 15.9 Å². The normalized spacial score (nSPS) is 29.2. The number of carbonyl (C=O) groups excluding carboxylic acids is 1. The number of nitrogens with one attached hydrogen (secondary N) is 1. The van der Waals surface area contributed by atoms with Crippen LogP contribution in [0.15, 0.2) is 0 Å². The molecular formula is C16H31N3O3S. The molecule has 134 valence electrons. The summed E-state index contributed by atoms with van der Waals surface area (Å²) in [5.74, 6) is 0.838. The summed E-state index contributed by atoms with van der Waals surface area (Å²) >= 11 is 0. The van der Waals surface area contributed by atoms with Gasteiger partial charge in [0.15, 0.2) is 0 Å². The van der Waals surface area contributed by atoms with Gasteiger partial charge in [-0.1, -0.05) is 19.8 Å². The van der Waals surface area contributed by atoms with Crippen molar-refractivity contribution in [3.63, 3.8) is 0 Å². The Balaban J connectivity index is 1.79. The fraction of sp³-hybridized carbons (Fsp3) is 0.938. The van der Waals surface area contributed by atoms with E-state index in [9.17, 15) is 13.2 Å². The lowest BCUT2D eigenvalue weighted by Gasteiger charge is -2.37. The molecule has 1 amide bonds. The van der Waals surface area contributed by atoms with Gasteiger partial charge < -0.3 is 5.32 Å². The minimum Gasteiger partial charge on any atom is -0.352 e. The fourth-order valence-electron chi connectivity index (χ4n) is 3.84. The Kier molecular flexibility index (Phi) is 6.45. The summed E-state index contributed by atoms with van der Waals surface area (Å²) in [6.07, 6.45) is 6.30. The van der Waals surface area contributed by atoms with Gasteiger partial charge in [0, 0.05) is 6.04 Å². The zero-order valence-corrected chi connectivity index (χ0v) is 15.1. The molecule has 0 radical (unpaired) electrons. The summed E-state index contributed by atoms with van der Waals surface area (Å²) < 4.78 is 22.4. The van der Waals surface area contributed by atoms with Crippen molar-refractivity contribution in [2.45, 2.75) is 64.5 Å². The van der Waals surface area contributed by atoms with Crippen molar-refractivity contribution in [1.82, 2.24) is 10.2 Å². The van der Waals surface area contributed by atoms with Crippen LogP contribution in [-0.4, -0.2) is 50.2 Å². The second kappa shape index (κ2) is 7.94. The average Bonchev–Trinajstić information content (AvgIpc) is 2.48. The predicted molar refractivity (Wildman–Crippen MR) is 91.3 cm³/mol. The minimum absolute atomic E-state index is 0.0566. The predicted octanol–water partition coefficient (Wildman–Crippen LogP) is 1.07. The Hall–Kier alpha value is -0.660. The van der Waals surface area contributed by atoms with Gasteiger partial charge in [-0.25, -0.2) is 13.6 Å². The highest BCUT2D eigenvalue weighted by atomic mass is 32.2. The maximum atomic E-state index is 12.5. The van der Waals surface area contributed by atoms with E-state index < -0.39 is 10.0 Å². The van der Waals surface area contributed by atoms with Crippen LogP contribution in [0.5, 0.6) is 0 Å². The second-order valence-electron chi connectivity index (χ2n) is 7.36. The molecular weight excluding hydrogens is 314 g/mol. The number of primary sulfonamides is 1. The van der Waals surface area contributed by atoms with Crippen LogP contribution < -0.4 is 10.5 Å². The summed E-state index contributed by atoms with van der Waals surface area (Å²) in [5, 5.41) is 8.34. The minimum atomic E-state index is -3.40. The van der Waals surface area contributed by atoms with E-state index in [-0.39, 0.29) is 23.6 Å². The van der Waals surface area contributed by atoms with Crippen LogP contribution >= 0.6 is 0 Å². The number of hydrogen-bond donors (Lipinski definition) is 2. The number of nitrogens with two attached hydrogens (primary N) is 1. The van der Waals surface area contributed by atoms with E-state index in [0.717, 1.165) is 32.4 Å². The molecule has 3 N–H and O–H groups in total. The highest BCUT2D eigenvalue weighted by Gasteiger charge is 2.30. The van der Waals surface area contributed by atoms with E-state index in [2.05, 4.69) is 17.1 Å². The summed E-state index contributed by atoms with van der Waals surface area (Å²) in [4.78, 5) is 14.7. The molecule has 0 aromatic carbocycles. The Morgan fingerprint density at radius 3 is 2.39 bits per heavy atom. The van der Waals surface area contributed by atoms with Gasteiger partial charge in [0.25, 0.3) is 0 Å². The zero-order valence-electron chi connectivity index (χ0n) is 14.3.